The van der Waals surface area contributed by atoms with Gasteiger partial charge in [-0.05, 0) is 39.9 Å². The van der Waals surface area contributed by atoms with E-state index in [1.165, 1.54) is 12.8 Å². The summed E-state index contributed by atoms with van der Waals surface area (Å²) in [5, 5.41) is 0. The summed E-state index contributed by atoms with van der Waals surface area (Å²) >= 11 is 0. The standard InChI is InChI=1S/C12H23N3O/c1-14(2)8-11(16)15-7-6-12(9-13)5-3-4-10(12)15/h10H,3-9,13H2,1-2H3/t10-,12-/m1/s1. The number of carbonyl (C=O) groups is 1. The maximum atomic E-state index is 12.1. The molecule has 2 N–H and O–H groups in total. The van der Waals surface area contributed by atoms with Crippen molar-refractivity contribution in [3.8, 4) is 0 Å². The molecular weight excluding hydrogens is 202 g/mol. The molecular formula is C12H23N3O. The van der Waals surface area contributed by atoms with Gasteiger partial charge in [-0.2, -0.15) is 0 Å². The summed E-state index contributed by atoms with van der Waals surface area (Å²) in [5.41, 5.74) is 6.18. The minimum Gasteiger partial charge on any atom is -0.338 e. The van der Waals surface area contributed by atoms with Crippen LogP contribution >= 0.6 is 0 Å². The topological polar surface area (TPSA) is 49.6 Å². The molecule has 1 saturated heterocycles. The van der Waals surface area contributed by atoms with Gasteiger partial charge in [0.15, 0.2) is 0 Å². The first-order chi connectivity index (χ1) is 7.59. The summed E-state index contributed by atoms with van der Waals surface area (Å²) in [6.45, 7) is 2.18. The van der Waals surface area contributed by atoms with Crippen LogP contribution in [-0.4, -0.2) is 55.5 Å². The third-order valence-electron chi connectivity index (χ3n) is 4.26. The number of likely N-dealkylation sites (N-methyl/N-ethyl adjacent to an activating group) is 1. The summed E-state index contributed by atoms with van der Waals surface area (Å²) < 4.78 is 0. The van der Waals surface area contributed by atoms with Crippen LogP contribution in [0.15, 0.2) is 0 Å². The van der Waals surface area contributed by atoms with Gasteiger partial charge in [-0.3, -0.25) is 4.79 Å². The molecule has 1 heterocycles. The lowest BCUT2D eigenvalue weighted by atomic mass is 9.82. The zero-order valence-corrected chi connectivity index (χ0v) is 10.4. The highest BCUT2D eigenvalue weighted by Crippen LogP contribution is 2.47. The molecule has 1 amide bonds. The quantitative estimate of drug-likeness (QED) is 0.750. The number of amides is 1. The second-order valence-corrected chi connectivity index (χ2v) is 5.55. The molecule has 0 aromatic heterocycles. The molecule has 2 atom stereocenters. The summed E-state index contributed by atoms with van der Waals surface area (Å²) in [6.07, 6.45) is 4.69. The fraction of sp³-hybridized carbons (Fsp3) is 0.917. The molecule has 0 aromatic carbocycles. The van der Waals surface area contributed by atoms with Crippen LogP contribution in [0.5, 0.6) is 0 Å². The van der Waals surface area contributed by atoms with E-state index in [9.17, 15) is 4.79 Å². The van der Waals surface area contributed by atoms with E-state index >= 15 is 0 Å². The number of hydrogen-bond donors (Lipinski definition) is 1. The predicted molar refractivity (Wildman–Crippen MR) is 64.0 cm³/mol. The number of likely N-dealkylation sites (tertiary alicyclic amines) is 1. The highest BCUT2D eigenvalue weighted by atomic mass is 16.2. The first kappa shape index (κ1) is 11.9. The molecule has 1 saturated carbocycles. The van der Waals surface area contributed by atoms with E-state index in [-0.39, 0.29) is 11.3 Å². The van der Waals surface area contributed by atoms with E-state index in [1.807, 2.05) is 19.0 Å². The number of carbonyl (C=O) groups excluding carboxylic acids is 1. The van der Waals surface area contributed by atoms with Gasteiger partial charge in [0.1, 0.15) is 0 Å². The van der Waals surface area contributed by atoms with Crippen LogP contribution in [-0.2, 0) is 4.79 Å². The summed E-state index contributed by atoms with van der Waals surface area (Å²) in [4.78, 5) is 16.1. The molecule has 0 aromatic rings. The normalized spacial score (nSPS) is 33.5. The molecule has 4 heteroatoms. The second kappa shape index (κ2) is 4.34. The molecule has 0 unspecified atom stereocenters. The zero-order valence-electron chi connectivity index (χ0n) is 10.4. The Bertz CT molecular complexity index is 279. The average molecular weight is 225 g/mol. The number of nitrogens with zero attached hydrogens (tertiary/aromatic N) is 2. The van der Waals surface area contributed by atoms with Crippen LogP contribution in [0, 0.1) is 5.41 Å². The van der Waals surface area contributed by atoms with Crippen molar-refractivity contribution in [1.29, 1.82) is 0 Å². The van der Waals surface area contributed by atoms with Gasteiger partial charge in [0.2, 0.25) is 5.91 Å². The van der Waals surface area contributed by atoms with Crippen LogP contribution in [0.2, 0.25) is 0 Å². The highest BCUT2D eigenvalue weighted by molar-refractivity contribution is 5.79. The van der Waals surface area contributed by atoms with Gasteiger partial charge in [-0.15, -0.1) is 0 Å². The van der Waals surface area contributed by atoms with Crippen LogP contribution in [0.1, 0.15) is 25.7 Å². The van der Waals surface area contributed by atoms with Crippen LogP contribution in [0.25, 0.3) is 0 Å². The second-order valence-electron chi connectivity index (χ2n) is 5.55. The average Bonchev–Trinajstić information content (AvgIpc) is 2.73. The van der Waals surface area contributed by atoms with E-state index in [0.717, 1.165) is 25.9 Å². The van der Waals surface area contributed by atoms with Gasteiger partial charge in [0.25, 0.3) is 0 Å². The van der Waals surface area contributed by atoms with Crippen LogP contribution in [0.3, 0.4) is 0 Å². The molecule has 2 aliphatic rings. The molecule has 0 radical (unpaired) electrons. The van der Waals surface area contributed by atoms with E-state index in [1.54, 1.807) is 0 Å². The maximum absolute atomic E-state index is 12.1. The largest absolute Gasteiger partial charge is 0.338 e. The molecule has 16 heavy (non-hydrogen) atoms. The minimum absolute atomic E-state index is 0.252. The Morgan fingerprint density at radius 1 is 1.50 bits per heavy atom. The van der Waals surface area contributed by atoms with Crippen molar-refractivity contribution in [3.63, 3.8) is 0 Å². The van der Waals surface area contributed by atoms with E-state index in [2.05, 4.69) is 4.90 Å². The lowest BCUT2D eigenvalue weighted by Gasteiger charge is -2.31. The van der Waals surface area contributed by atoms with Gasteiger partial charge in [0.05, 0.1) is 6.54 Å². The number of rotatable bonds is 3. The van der Waals surface area contributed by atoms with E-state index in [4.69, 9.17) is 5.73 Å². The number of fused-ring (bicyclic) bond motifs is 1. The molecule has 2 fully saturated rings. The van der Waals surface area contributed by atoms with Gasteiger partial charge in [0, 0.05) is 18.0 Å². The Kier molecular flexibility index (Phi) is 3.22. The Hall–Kier alpha value is -0.610. The van der Waals surface area contributed by atoms with Crippen molar-refractivity contribution in [2.24, 2.45) is 11.1 Å². The van der Waals surface area contributed by atoms with E-state index in [0.29, 0.717) is 12.6 Å². The Balaban J connectivity index is 2.06. The van der Waals surface area contributed by atoms with Gasteiger partial charge < -0.3 is 15.5 Å². The van der Waals surface area contributed by atoms with Gasteiger partial charge in [-0.1, -0.05) is 6.42 Å². The molecule has 1 aliphatic heterocycles. The Labute approximate surface area is 97.8 Å². The number of nitrogens with two attached hydrogens (primary N) is 1. The molecule has 0 bridgehead atoms. The zero-order chi connectivity index (χ0) is 11.8. The monoisotopic (exact) mass is 225 g/mol. The first-order valence-electron chi connectivity index (χ1n) is 6.23. The molecule has 2 rings (SSSR count). The fourth-order valence-electron chi connectivity index (χ4n) is 3.40. The Morgan fingerprint density at radius 2 is 2.25 bits per heavy atom. The third-order valence-corrected chi connectivity index (χ3v) is 4.26. The Morgan fingerprint density at radius 3 is 2.88 bits per heavy atom. The lowest BCUT2D eigenvalue weighted by molar-refractivity contribution is -0.133. The molecule has 0 spiro atoms. The van der Waals surface area contributed by atoms with Gasteiger partial charge in [-0.25, -0.2) is 0 Å². The predicted octanol–water partition coefficient (Wildman–Crippen LogP) is 0.278. The molecule has 4 nitrogen and oxygen atoms in total. The van der Waals surface area contributed by atoms with Crippen LogP contribution in [0.4, 0.5) is 0 Å². The summed E-state index contributed by atoms with van der Waals surface area (Å²) in [5.74, 6) is 0.271. The fourth-order valence-corrected chi connectivity index (χ4v) is 3.40. The smallest absolute Gasteiger partial charge is 0.236 e. The van der Waals surface area contributed by atoms with Crippen molar-refractivity contribution in [1.82, 2.24) is 9.80 Å². The first-order valence-corrected chi connectivity index (χ1v) is 6.23. The lowest BCUT2D eigenvalue weighted by Crippen LogP contribution is -2.45. The third kappa shape index (κ3) is 1.84. The van der Waals surface area contributed by atoms with Crippen molar-refractivity contribution in [3.05, 3.63) is 0 Å². The summed E-state index contributed by atoms with van der Waals surface area (Å²) in [6, 6.07) is 0.421. The van der Waals surface area contributed by atoms with Crippen molar-refractivity contribution in [2.75, 3.05) is 33.7 Å². The molecule has 1 aliphatic carbocycles. The van der Waals surface area contributed by atoms with E-state index < -0.39 is 0 Å². The van der Waals surface area contributed by atoms with Crippen molar-refractivity contribution >= 4 is 5.91 Å². The highest BCUT2D eigenvalue weighted by Gasteiger charge is 2.50. The summed E-state index contributed by atoms with van der Waals surface area (Å²) in [7, 11) is 3.89. The minimum atomic E-state index is 0.252. The van der Waals surface area contributed by atoms with Crippen molar-refractivity contribution in [2.45, 2.75) is 31.7 Å². The number of hydrogen-bond acceptors (Lipinski definition) is 3. The van der Waals surface area contributed by atoms with Gasteiger partial charge >= 0.3 is 0 Å². The van der Waals surface area contributed by atoms with Crippen molar-refractivity contribution < 1.29 is 4.79 Å². The molecule has 92 valence electrons. The van der Waals surface area contributed by atoms with Crippen LogP contribution < -0.4 is 5.73 Å². The SMILES string of the molecule is CN(C)CC(=O)N1CC[C@@]2(CN)CCC[C@@H]12. The maximum Gasteiger partial charge on any atom is 0.236 e.